The van der Waals surface area contributed by atoms with E-state index in [4.69, 9.17) is 0 Å². The molecule has 0 aliphatic carbocycles. The summed E-state index contributed by atoms with van der Waals surface area (Å²) in [7, 11) is 1.83. The van der Waals surface area contributed by atoms with Crippen molar-refractivity contribution < 1.29 is 9.59 Å². The maximum Gasteiger partial charge on any atom is 0.251 e. The van der Waals surface area contributed by atoms with Gasteiger partial charge in [-0.25, -0.2) is 0 Å². The van der Waals surface area contributed by atoms with E-state index in [-0.39, 0.29) is 23.6 Å². The van der Waals surface area contributed by atoms with Gasteiger partial charge in [0.25, 0.3) is 5.91 Å². The lowest BCUT2D eigenvalue weighted by Crippen LogP contribution is -2.44. The third-order valence-corrected chi connectivity index (χ3v) is 6.20. The minimum atomic E-state index is -0.153. The zero-order chi connectivity index (χ0) is 21.3. The molecular formula is C21H30N6O2S. The predicted octanol–water partition coefficient (Wildman–Crippen LogP) is 2.54. The number of unbranched alkanes of at least 4 members (excludes halogenated alkanes) is 1. The molecule has 3 rings (SSSR count). The fourth-order valence-corrected chi connectivity index (χ4v) is 4.11. The number of amides is 2. The quantitative estimate of drug-likeness (QED) is 0.594. The maximum atomic E-state index is 12.7. The summed E-state index contributed by atoms with van der Waals surface area (Å²) < 4.78 is 1.76. The molecule has 0 atom stereocenters. The molecular weight excluding hydrogens is 400 g/mol. The molecule has 9 heteroatoms. The normalized spacial score (nSPS) is 15.1. The maximum absolute atomic E-state index is 12.7. The molecule has 162 valence electrons. The minimum absolute atomic E-state index is 0.0911. The van der Waals surface area contributed by atoms with E-state index in [2.05, 4.69) is 32.7 Å². The van der Waals surface area contributed by atoms with Gasteiger partial charge in [0.1, 0.15) is 6.33 Å². The number of thioether (sulfide) groups is 1. The van der Waals surface area contributed by atoms with Crippen LogP contribution in [0.2, 0.25) is 0 Å². The second-order valence-corrected chi connectivity index (χ2v) is 8.53. The van der Waals surface area contributed by atoms with Crippen LogP contribution < -0.4 is 10.6 Å². The van der Waals surface area contributed by atoms with Gasteiger partial charge in [-0.3, -0.25) is 9.59 Å². The number of piperidine rings is 1. The molecule has 0 unspecified atom stereocenters. The molecule has 0 bridgehead atoms. The predicted molar refractivity (Wildman–Crippen MR) is 119 cm³/mol. The van der Waals surface area contributed by atoms with Gasteiger partial charge in [0.05, 0.1) is 5.75 Å². The smallest absolute Gasteiger partial charge is 0.251 e. The lowest BCUT2D eigenvalue weighted by Gasteiger charge is -2.32. The van der Waals surface area contributed by atoms with E-state index in [1.54, 1.807) is 35.2 Å². The molecule has 30 heavy (non-hydrogen) atoms. The van der Waals surface area contributed by atoms with Crippen LogP contribution in [0.1, 0.15) is 43.0 Å². The molecule has 2 N–H and O–H groups in total. The van der Waals surface area contributed by atoms with Crippen LogP contribution in [0, 0.1) is 0 Å². The average molecular weight is 431 g/mol. The Hall–Kier alpha value is -2.39. The number of anilines is 1. The number of aryl methyl sites for hydroxylation is 1. The second kappa shape index (κ2) is 11.1. The number of carbonyl (C=O) groups excluding carboxylic acids is 2. The fraction of sp³-hybridized carbons (Fsp3) is 0.524. The van der Waals surface area contributed by atoms with Crippen LogP contribution in [0.3, 0.4) is 0 Å². The van der Waals surface area contributed by atoms with E-state index in [1.165, 1.54) is 24.6 Å². The largest absolute Gasteiger partial charge is 0.349 e. The van der Waals surface area contributed by atoms with E-state index in [0.717, 1.165) is 32.5 Å². The van der Waals surface area contributed by atoms with Crippen molar-refractivity contribution in [2.45, 2.75) is 43.8 Å². The Labute approximate surface area is 181 Å². The summed E-state index contributed by atoms with van der Waals surface area (Å²) in [6, 6.07) is 7.27. The van der Waals surface area contributed by atoms with Crippen LogP contribution in [-0.2, 0) is 11.8 Å². The van der Waals surface area contributed by atoms with Gasteiger partial charge in [-0.2, -0.15) is 0 Å². The van der Waals surface area contributed by atoms with Crippen molar-refractivity contribution in [3.8, 4) is 0 Å². The molecule has 1 aliphatic heterocycles. The van der Waals surface area contributed by atoms with Gasteiger partial charge in [-0.1, -0.05) is 31.2 Å². The molecule has 1 aromatic carbocycles. The molecule has 1 saturated heterocycles. The van der Waals surface area contributed by atoms with E-state index in [0.29, 0.717) is 16.4 Å². The second-order valence-electron chi connectivity index (χ2n) is 7.59. The van der Waals surface area contributed by atoms with Crippen molar-refractivity contribution in [1.82, 2.24) is 25.0 Å². The van der Waals surface area contributed by atoms with Gasteiger partial charge in [0, 0.05) is 37.4 Å². The van der Waals surface area contributed by atoms with Crippen molar-refractivity contribution in [2.24, 2.45) is 7.05 Å². The summed E-state index contributed by atoms with van der Waals surface area (Å²) in [5.41, 5.74) is 1.17. The Morgan fingerprint density at radius 1 is 1.27 bits per heavy atom. The monoisotopic (exact) mass is 430 g/mol. The average Bonchev–Trinajstić information content (AvgIpc) is 3.16. The van der Waals surface area contributed by atoms with Gasteiger partial charge in [0.15, 0.2) is 5.16 Å². The van der Waals surface area contributed by atoms with Crippen molar-refractivity contribution in [3.05, 3.63) is 36.2 Å². The molecule has 1 aliphatic rings. The van der Waals surface area contributed by atoms with E-state index >= 15 is 0 Å². The molecule has 1 fully saturated rings. The first-order valence-corrected chi connectivity index (χ1v) is 11.4. The molecule has 0 spiro atoms. The standard InChI is InChI=1S/C21H30N6O2S/c1-3-4-10-27-11-8-17(9-12-27)24-20(29)16-6-5-7-18(13-16)23-19(28)14-30-21-25-22-15-26(21)2/h5-7,13,15,17H,3-4,8-12,14H2,1-2H3,(H,23,28)(H,24,29). The Kier molecular flexibility index (Phi) is 8.27. The van der Waals surface area contributed by atoms with E-state index < -0.39 is 0 Å². The molecule has 2 amide bonds. The first-order chi connectivity index (χ1) is 14.5. The number of nitrogens with one attached hydrogen (secondary N) is 2. The molecule has 2 aromatic rings. The zero-order valence-corrected chi connectivity index (χ0v) is 18.5. The summed E-state index contributed by atoms with van der Waals surface area (Å²) in [6.07, 6.45) is 5.99. The molecule has 2 heterocycles. The summed E-state index contributed by atoms with van der Waals surface area (Å²) in [4.78, 5) is 27.4. The number of rotatable bonds is 9. The Balaban J connectivity index is 1.46. The summed E-state index contributed by atoms with van der Waals surface area (Å²) in [5.74, 6) is -0.0221. The minimum Gasteiger partial charge on any atom is -0.349 e. The van der Waals surface area contributed by atoms with Crippen molar-refractivity contribution in [1.29, 1.82) is 0 Å². The van der Waals surface area contributed by atoms with Gasteiger partial charge in [0.2, 0.25) is 5.91 Å². The highest BCUT2D eigenvalue weighted by atomic mass is 32.2. The zero-order valence-electron chi connectivity index (χ0n) is 17.6. The van der Waals surface area contributed by atoms with Crippen LogP contribution in [-0.4, -0.2) is 62.9 Å². The van der Waals surface area contributed by atoms with Crippen molar-refractivity contribution in [2.75, 3.05) is 30.7 Å². The molecule has 8 nitrogen and oxygen atoms in total. The lowest BCUT2D eigenvalue weighted by atomic mass is 10.0. The highest BCUT2D eigenvalue weighted by Gasteiger charge is 2.21. The van der Waals surface area contributed by atoms with Crippen LogP contribution >= 0.6 is 11.8 Å². The third kappa shape index (κ3) is 6.56. The number of likely N-dealkylation sites (tertiary alicyclic amines) is 1. The number of hydrogen-bond donors (Lipinski definition) is 2. The summed E-state index contributed by atoms with van der Waals surface area (Å²) in [5, 5.41) is 14.4. The number of hydrogen-bond acceptors (Lipinski definition) is 6. The Morgan fingerprint density at radius 3 is 2.77 bits per heavy atom. The first-order valence-electron chi connectivity index (χ1n) is 10.4. The van der Waals surface area contributed by atoms with E-state index in [1.807, 2.05) is 7.05 Å². The van der Waals surface area contributed by atoms with Crippen molar-refractivity contribution >= 4 is 29.3 Å². The summed E-state index contributed by atoms with van der Waals surface area (Å²) in [6.45, 7) is 5.42. The molecule has 1 aromatic heterocycles. The van der Waals surface area contributed by atoms with Gasteiger partial charge in [-0.05, 0) is 44.0 Å². The Morgan fingerprint density at radius 2 is 2.07 bits per heavy atom. The SMILES string of the molecule is CCCCN1CCC(NC(=O)c2cccc(NC(=O)CSc3nncn3C)c2)CC1. The fourth-order valence-electron chi connectivity index (χ4n) is 3.42. The van der Waals surface area contributed by atoms with Crippen LogP contribution in [0.15, 0.2) is 35.7 Å². The molecule has 0 saturated carbocycles. The van der Waals surface area contributed by atoms with Crippen molar-refractivity contribution in [3.63, 3.8) is 0 Å². The van der Waals surface area contributed by atoms with Gasteiger partial charge in [-0.15, -0.1) is 10.2 Å². The molecule has 0 radical (unpaired) electrons. The highest BCUT2D eigenvalue weighted by Crippen LogP contribution is 2.16. The highest BCUT2D eigenvalue weighted by molar-refractivity contribution is 7.99. The first kappa shape index (κ1) is 22.3. The number of nitrogens with zero attached hydrogens (tertiary/aromatic N) is 4. The van der Waals surface area contributed by atoms with Crippen LogP contribution in [0.5, 0.6) is 0 Å². The van der Waals surface area contributed by atoms with Gasteiger partial charge < -0.3 is 20.1 Å². The van der Waals surface area contributed by atoms with Crippen LogP contribution in [0.4, 0.5) is 5.69 Å². The Bertz CT molecular complexity index is 848. The number of aromatic nitrogens is 3. The van der Waals surface area contributed by atoms with E-state index in [9.17, 15) is 9.59 Å². The number of carbonyl (C=O) groups is 2. The van der Waals surface area contributed by atoms with Gasteiger partial charge >= 0.3 is 0 Å². The number of benzene rings is 1. The summed E-state index contributed by atoms with van der Waals surface area (Å²) >= 11 is 1.31. The lowest BCUT2D eigenvalue weighted by molar-refractivity contribution is -0.113. The third-order valence-electron chi connectivity index (χ3n) is 5.16. The topological polar surface area (TPSA) is 92.2 Å². The van der Waals surface area contributed by atoms with Crippen LogP contribution in [0.25, 0.3) is 0 Å².